The molecule has 2 heterocycles. The van der Waals surface area contributed by atoms with E-state index in [-0.39, 0.29) is 23.8 Å². The zero-order valence-corrected chi connectivity index (χ0v) is 29.3. The Hall–Kier alpha value is -4.09. The summed E-state index contributed by atoms with van der Waals surface area (Å²) in [5.41, 5.74) is 23.1. The van der Waals surface area contributed by atoms with Gasteiger partial charge in [-0.25, -0.2) is 0 Å². The van der Waals surface area contributed by atoms with Crippen LogP contribution in [0.3, 0.4) is 0 Å². The topological polar surface area (TPSA) is 318 Å². The number of fused-ring (bicyclic) bond motifs is 1. The number of para-hydroxylation sites is 1. The third-order valence-corrected chi connectivity index (χ3v) is 7.88. The molecular formula is C33H58N6O10. The van der Waals surface area contributed by atoms with Gasteiger partial charge in [-0.15, -0.1) is 0 Å². The van der Waals surface area contributed by atoms with Crippen LogP contribution in [-0.4, -0.2) is 97.1 Å². The summed E-state index contributed by atoms with van der Waals surface area (Å²) in [6, 6.07) is 4.53. The molecule has 15 N–H and O–H groups in total. The Morgan fingerprint density at radius 1 is 0.755 bits per heavy atom. The van der Waals surface area contributed by atoms with Crippen molar-refractivity contribution in [1.29, 1.82) is 0 Å². The van der Waals surface area contributed by atoms with E-state index < -0.39 is 54.0 Å². The summed E-state index contributed by atoms with van der Waals surface area (Å²) in [5, 5.41) is 45.9. The number of H-pyrrole nitrogens is 1. The Kier molecular flexibility index (Phi) is 24.0. The van der Waals surface area contributed by atoms with Crippen molar-refractivity contribution in [3.05, 3.63) is 36.0 Å². The van der Waals surface area contributed by atoms with Crippen molar-refractivity contribution >= 4 is 40.7 Å². The molecule has 7 atom stereocenters. The number of hydrogen-bond donors (Lipinski definition) is 11. The Morgan fingerprint density at radius 2 is 1.22 bits per heavy atom. The van der Waals surface area contributed by atoms with Gasteiger partial charge < -0.3 is 58.8 Å². The summed E-state index contributed by atoms with van der Waals surface area (Å²) >= 11 is 0. The second-order valence-corrected chi connectivity index (χ2v) is 12.1. The van der Waals surface area contributed by atoms with Gasteiger partial charge in [-0.3, -0.25) is 24.0 Å². The van der Waals surface area contributed by atoms with E-state index in [1.807, 2.05) is 58.2 Å². The number of carbonyl (C=O) groups is 5. The van der Waals surface area contributed by atoms with Gasteiger partial charge >= 0.3 is 29.8 Å². The maximum absolute atomic E-state index is 10.6. The fraction of sp³-hybridized carbons (Fsp3) is 0.606. The summed E-state index contributed by atoms with van der Waals surface area (Å²) < 4.78 is 0. The van der Waals surface area contributed by atoms with E-state index in [2.05, 4.69) is 10.3 Å². The van der Waals surface area contributed by atoms with Gasteiger partial charge in [0.15, 0.2) is 0 Å². The van der Waals surface area contributed by atoms with Gasteiger partial charge in [0, 0.05) is 23.5 Å². The van der Waals surface area contributed by atoms with Gasteiger partial charge in [0.25, 0.3) is 0 Å². The van der Waals surface area contributed by atoms with Gasteiger partial charge in [-0.2, -0.15) is 0 Å². The number of carboxylic acid groups (broad SMARTS) is 5. The monoisotopic (exact) mass is 698 g/mol. The van der Waals surface area contributed by atoms with E-state index in [0.717, 1.165) is 48.7 Å². The van der Waals surface area contributed by atoms with Gasteiger partial charge in [0.05, 0.1) is 0 Å². The molecule has 0 bridgehead atoms. The van der Waals surface area contributed by atoms with Gasteiger partial charge in [-0.05, 0) is 48.8 Å². The van der Waals surface area contributed by atoms with Crippen LogP contribution < -0.4 is 28.3 Å². The third kappa shape index (κ3) is 19.5. The van der Waals surface area contributed by atoms with E-state index in [1.54, 1.807) is 13.8 Å². The molecule has 16 nitrogen and oxygen atoms in total. The number of aromatic nitrogens is 1. The second kappa shape index (κ2) is 25.0. The van der Waals surface area contributed by atoms with Gasteiger partial charge in [0.1, 0.15) is 30.2 Å². The smallest absolute Gasteiger partial charge is 0.320 e. The molecule has 49 heavy (non-hydrogen) atoms. The molecule has 0 aliphatic carbocycles. The standard InChI is InChI=1S/C11H12N2O2.2C6H13NO2.C5H9NO2.C5H11NO2/c12-9(11(14)15)5-7-6-13-10-4-2-1-3-8(7)10;2*1-3-4(2)5(7)6(8)9;7-5(8)4-2-1-3-6-4;1-3(2)4(6)5(7)8/h1-4,6,9,13H,5,12H2,(H,14,15);2*4-5H,3,7H2,1-2H3,(H,8,9);4,6H,1-3H2,(H,7,8);3-4H,6H2,1-2H3,(H,7,8)/t;;;4-;/m...0./s1. The molecule has 0 radical (unpaired) electrons. The minimum absolute atomic E-state index is 0.0208. The molecule has 0 amide bonds. The van der Waals surface area contributed by atoms with Crippen LogP contribution in [0.4, 0.5) is 0 Å². The highest BCUT2D eigenvalue weighted by Gasteiger charge is 2.20. The molecule has 1 aromatic heterocycles. The van der Waals surface area contributed by atoms with E-state index in [9.17, 15) is 24.0 Å². The van der Waals surface area contributed by atoms with E-state index in [0.29, 0.717) is 6.42 Å². The number of aliphatic carboxylic acids is 5. The molecule has 2 aromatic rings. The van der Waals surface area contributed by atoms with Crippen molar-refractivity contribution in [3.63, 3.8) is 0 Å². The first-order chi connectivity index (χ1) is 22.7. The molecule has 1 aliphatic heterocycles. The maximum Gasteiger partial charge on any atom is 0.320 e. The van der Waals surface area contributed by atoms with Crippen LogP contribution in [0.15, 0.2) is 30.5 Å². The van der Waals surface area contributed by atoms with Crippen LogP contribution in [0.2, 0.25) is 0 Å². The van der Waals surface area contributed by atoms with Gasteiger partial charge in [0.2, 0.25) is 0 Å². The molecule has 3 rings (SSSR count). The molecule has 1 aliphatic rings. The van der Waals surface area contributed by atoms with Crippen molar-refractivity contribution in [2.24, 2.45) is 40.7 Å². The highest BCUT2D eigenvalue weighted by Crippen LogP contribution is 2.18. The Morgan fingerprint density at radius 3 is 1.51 bits per heavy atom. The molecule has 280 valence electrons. The summed E-state index contributed by atoms with van der Waals surface area (Å²) in [6.07, 6.45) is 5.57. The SMILES string of the molecule is CC(C)C(N)C(=O)O.CCC(C)C(N)C(=O)O.CCC(C)C(N)C(=O)O.NC(Cc1c[nH]c2ccccc12)C(=O)O.O=C(O)[C@@H]1CCCN1. The Bertz CT molecular complexity index is 1240. The lowest BCUT2D eigenvalue weighted by atomic mass is 10.0. The first kappa shape index (κ1) is 47.0. The average molecular weight is 699 g/mol. The van der Waals surface area contributed by atoms with Crippen LogP contribution in [0.25, 0.3) is 10.9 Å². The highest BCUT2D eigenvalue weighted by atomic mass is 16.4. The third-order valence-electron chi connectivity index (χ3n) is 7.88. The normalized spacial score (nSPS) is 17.0. The predicted molar refractivity (Wildman–Crippen MR) is 187 cm³/mol. The highest BCUT2D eigenvalue weighted by molar-refractivity contribution is 5.84. The summed E-state index contributed by atoms with van der Waals surface area (Å²) in [7, 11) is 0. The molecule has 16 heteroatoms. The zero-order valence-electron chi connectivity index (χ0n) is 29.3. The van der Waals surface area contributed by atoms with Gasteiger partial charge in [-0.1, -0.05) is 72.6 Å². The minimum Gasteiger partial charge on any atom is -0.480 e. The number of carboxylic acids is 5. The number of nitrogens with one attached hydrogen (secondary N) is 2. The first-order valence-electron chi connectivity index (χ1n) is 16.2. The number of aromatic amines is 1. The second-order valence-electron chi connectivity index (χ2n) is 12.1. The summed E-state index contributed by atoms with van der Waals surface area (Å²) in [5.74, 6) is -4.28. The van der Waals surface area contributed by atoms with E-state index >= 15 is 0 Å². The van der Waals surface area contributed by atoms with Crippen molar-refractivity contribution < 1.29 is 49.5 Å². The fourth-order valence-corrected chi connectivity index (χ4v) is 3.80. The molecule has 0 spiro atoms. The van der Waals surface area contributed by atoms with Crippen LogP contribution in [0.1, 0.15) is 72.8 Å². The van der Waals surface area contributed by atoms with E-state index in [4.69, 9.17) is 48.5 Å². The van der Waals surface area contributed by atoms with Crippen LogP contribution in [-0.2, 0) is 30.4 Å². The van der Waals surface area contributed by atoms with E-state index in [1.165, 1.54) is 0 Å². The Balaban J connectivity index is 0. The van der Waals surface area contributed by atoms with Crippen LogP contribution in [0, 0.1) is 17.8 Å². The molecule has 1 fully saturated rings. The minimum atomic E-state index is -0.972. The Labute approximate surface area is 287 Å². The fourth-order valence-electron chi connectivity index (χ4n) is 3.80. The number of hydrogen-bond acceptors (Lipinski definition) is 10. The lowest BCUT2D eigenvalue weighted by molar-refractivity contribution is -0.140. The van der Waals surface area contributed by atoms with Crippen molar-refractivity contribution in [2.45, 2.75) is 104 Å². The zero-order chi connectivity index (χ0) is 38.4. The van der Waals surface area contributed by atoms with Crippen LogP contribution in [0.5, 0.6) is 0 Å². The van der Waals surface area contributed by atoms with Crippen molar-refractivity contribution in [2.75, 3.05) is 6.54 Å². The molecule has 1 saturated heterocycles. The number of rotatable bonds is 12. The number of benzene rings is 1. The average Bonchev–Trinajstić information content (AvgIpc) is 3.75. The van der Waals surface area contributed by atoms with Crippen molar-refractivity contribution in [1.82, 2.24) is 10.3 Å². The first-order valence-corrected chi connectivity index (χ1v) is 16.2. The largest absolute Gasteiger partial charge is 0.480 e. The molecule has 1 aromatic carbocycles. The molecule has 0 saturated carbocycles. The lowest BCUT2D eigenvalue weighted by Crippen LogP contribution is -2.36. The predicted octanol–water partition coefficient (Wildman–Crippen LogP) is 1.89. The quantitative estimate of drug-likeness (QED) is 0.151. The van der Waals surface area contributed by atoms with Crippen LogP contribution >= 0.6 is 0 Å². The molecular weight excluding hydrogens is 640 g/mol. The summed E-state index contributed by atoms with van der Waals surface area (Å²) in [6.45, 7) is 11.9. The molecule has 6 unspecified atom stereocenters. The number of nitrogens with two attached hydrogens (primary N) is 4. The maximum atomic E-state index is 10.6. The lowest BCUT2D eigenvalue weighted by Gasteiger charge is -2.11. The van der Waals surface area contributed by atoms with Crippen molar-refractivity contribution in [3.8, 4) is 0 Å². The summed E-state index contributed by atoms with van der Waals surface area (Å²) in [4.78, 5) is 54.2.